The standard InChI is InChI=1S/C16H13Br2NO2/c17-12-6-11(7-13(18)8-12)16(21)10-1-3-14-9(5-10)2-4-15(20)19-14/h1,3,5-8,16,21H,2,4H2,(H,19,20). The van der Waals surface area contributed by atoms with Crippen LogP contribution in [0.4, 0.5) is 5.69 Å². The van der Waals surface area contributed by atoms with Crippen LogP contribution in [0.25, 0.3) is 0 Å². The first kappa shape index (κ1) is 14.8. The van der Waals surface area contributed by atoms with Gasteiger partial charge in [-0.3, -0.25) is 4.79 Å². The van der Waals surface area contributed by atoms with Crippen LogP contribution in [0.15, 0.2) is 45.3 Å². The van der Waals surface area contributed by atoms with E-state index in [4.69, 9.17) is 0 Å². The van der Waals surface area contributed by atoms with Crippen molar-refractivity contribution in [2.24, 2.45) is 0 Å². The molecule has 108 valence electrons. The maximum Gasteiger partial charge on any atom is 0.224 e. The number of rotatable bonds is 2. The van der Waals surface area contributed by atoms with Gasteiger partial charge in [-0.25, -0.2) is 0 Å². The van der Waals surface area contributed by atoms with Gasteiger partial charge in [-0.1, -0.05) is 44.0 Å². The summed E-state index contributed by atoms with van der Waals surface area (Å²) < 4.78 is 1.83. The summed E-state index contributed by atoms with van der Waals surface area (Å²) in [6.07, 6.45) is 0.514. The highest BCUT2D eigenvalue weighted by molar-refractivity contribution is 9.11. The topological polar surface area (TPSA) is 49.3 Å². The molecule has 2 aromatic carbocycles. The lowest BCUT2D eigenvalue weighted by Crippen LogP contribution is -2.19. The van der Waals surface area contributed by atoms with E-state index in [2.05, 4.69) is 37.2 Å². The molecule has 1 unspecified atom stereocenters. The highest BCUT2D eigenvalue weighted by Gasteiger charge is 2.18. The Morgan fingerprint density at radius 1 is 1.00 bits per heavy atom. The molecule has 5 heteroatoms. The number of nitrogens with one attached hydrogen (secondary N) is 1. The van der Waals surface area contributed by atoms with Gasteiger partial charge in [-0.2, -0.15) is 0 Å². The molecular formula is C16H13Br2NO2. The number of aliphatic hydroxyl groups excluding tert-OH is 1. The number of benzene rings is 2. The Morgan fingerprint density at radius 3 is 2.43 bits per heavy atom. The fourth-order valence-corrected chi connectivity index (χ4v) is 3.83. The average Bonchev–Trinajstić information content (AvgIpc) is 2.45. The molecule has 0 fully saturated rings. The molecule has 1 atom stereocenters. The van der Waals surface area contributed by atoms with Gasteiger partial charge < -0.3 is 10.4 Å². The van der Waals surface area contributed by atoms with Crippen LogP contribution in [-0.4, -0.2) is 11.0 Å². The van der Waals surface area contributed by atoms with Crippen LogP contribution in [0.2, 0.25) is 0 Å². The monoisotopic (exact) mass is 409 g/mol. The molecule has 21 heavy (non-hydrogen) atoms. The van der Waals surface area contributed by atoms with Crippen molar-refractivity contribution in [3.8, 4) is 0 Å². The summed E-state index contributed by atoms with van der Waals surface area (Å²) in [5.41, 5.74) is 3.56. The van der Waals surface area contributed by atoms with Crippen molar-refractivity contribution in [2.45, 2.75) is 18.9 Å². The van der Waals surface area contributed by atoms with Crippen LogP contribution in [0.5, 0.6) is 0 Å². The number of hydrogen-bond acceptors (Lipinski definition) is 2. The van der Waals surface area contributed by atoms with Crippen LogP contribution in [0, 0.1) is 0 Å². The number of hydrogen-bond donors (Lipinski definition) is 2. The maximum absolute atomic E-state index is 11.4. The Morgan fingerprint density at radius 2 is 1.71 bits per heavy atom. The molecule has 0 radical (unpaired) electrons. The largest absolute Gasteiger partial charge is 0.384 e. The highest BCUT2D eigenvalue weighted by atomic mass is 79.9. The Labute approximate surface area is 139 Å². The van der Waals surface area contributed by atoms with Gasteiger partial charge in [0.15, 0.2) is 0 Å². The zero-order valence-electron chi connectivity index (χ0n) is 11.1. The quantitative estimate of drug-likeness (QED) is 0.780. The van der Waals surface area contributed by atoms with Crippen molar-refractivity contribution in [2.75, 3.05) is 5.32 Å². The summed E-state index contributed by atoms with van der Waals surface area (Å²) >= 11 is 6.86. The van der Waals surface area contributed by atoms with E-state index in [0.717, 1.165) is 31.3 Å². The van der Waals surface area contributed by atoms with E-state index >= 15 is 0 Å². The van der Waals surface area contributed by atoms with Crippen molar-refractivity contribution >= 4 is 43.5 Å². The van der Waals surface area contributed by atoms with Gasteiger partial charge in [0.25, 0.3) is 0 Å². The van der Waals surface area contributed by atoms with E-state index in [-0.39, 0.29) is 5.91 Å². The van der Waals surface area contributed by atoms with Crippen molar-refractivity contribution in [1.82, 2.24) is 0 Å². The lowest BCUT2D eigenvalue weighted by molar-refractivity contribution is -0.116. The molecule has 1 aliphatic rings. The lowest BCUT2D eigenvalue weighted by atomic mass is 9.95. The third kappa shape index (κ3) is 3.20. The lowest BCUT2D eigenvalue weighted by Gasteiger charge is -2.19. The molecule has 1 amide bonds. The molecular weight excluding hydrogens is 398 g/mol. The number of amides is 1. The molecule has 0 bridgehead atoms. The number of aryl methyl sites for hydroxylation is 1. The number of anilines is 1. The maximum atomic E-state index is 11.4. The van der Waals surface area contributed by atoms with Crippen LogP contribution >= 0.6 is 31.9 Å². The van der Waals surface area contributed by atoms with Gasteiger partial charge in [-0.05, 0) is 47.4 Å². The predicted octanol–water partition coefficient (Wildman–Crippen LogP) is 4.18. The summed E-state index contributed by atoms with van der Waals surface area (Å²) in [6.45, 7) is 0. The number of carbonyl (C=O) groups is 1. The number of carbonyl (C=O) groups excluding carboxylic acids is 1. The summed E-state index contributed by atoms with van der Waals surface area (Å²) in [5, 5.41) is 13.4. The fraction of sp³-hybridized carbons (Fsp3) is 0.188. The van der Waals surface area contributed by atoms with Crippen molar-refractivity contribution < 1.29 is 9.90 Å². The van der Waals surface area contributed by atoms with E-state index < -0.39 is 6.10 Å². The van der Waals surface area contributed by atoms with Crippen molar-refractivity contribution in [3.05, 3.63) is 62.0 Å². The minimum absolute atomic E-state index is 0.0479. The fourth-order valence-electron chi connectivity index (χ4n) is 2.50. The molecule has 0 saturated carbocycles. The third-order valence-electron chi connectivity index (χ3n) is 3.54. The smallest absolute Gasteiger partial charge is 0.224 e. The Kier molecular flexibility index (Phi) is 4.15. The molecule has 2 aromatic rings. The summed E-state index contributed by atoms with van der Waals surface area (Å²) in [4.78, 5) is 11.4. The molecule has 0 saturated heterocycles. The number of fused-ring (bicyclic) bond motifs is 1. The molecule has 0 aliphatic carbocycles. The zero-order chi connectivity index (χ0) is 15.0. The Hall–Kier alpha value is -1.17. The van der Waals surface area contributed by atoms with E-state index in [9.17, 15) is 9.90 Å². The minimum Gasteiger partial charge on any atom is -0.384 e. The van der Waals surface area contributed by atoms with Gasteiger partial charge in [0, 0.05) is 21.1 Å². The van der Waals surface area contributed by atoms with E-state index in [1.165, 1.54) is 0 Å². The van der Waals surface area contributed by atoms with E-state index in [0.29, 0.717) is 12.8 Å². The molecule has 2 N–H and O–H groups in total. The van der Waals surface area contributed by atoms with Gasteiger partial charge in [0.1, 0.15) is 6.10 Å². The van der Waals surface area contributed by atoms with Crippen LogP contribution in [0.3, 0.4) is 0 Å². The number of halogens is 2. The number of aliphatic hydroxyl groups is 1. The molecule has 3 nitrogen and oxygen atoms in total. The second-order valence-electron chi connectivity index (χ2n) is 5.07. The van der Waals surface area contributed by atoms with Crippen molar-refractivity contribution in [3.63, 3.8) is 0 Å². The average molecular weight is 411 g/mol. The molecule has 0 spiro atoms. The van der Waals surface area contributed by atoms with Crippen LogP contribution < -0.4 is 5.32 Å². The molecule has 3 rings (SSSR count). The second kappa shape index (κ2) is 5.91. The van der Waals surface area contributed by atoms with Crippen LogP contribution in [0.1, 0.15) is 29.2 Å². The molecule has 1 aliphatic heterocycles. The summed E-state index contributed by atoms with van der Waals surface area (Å²) in [7, 11) is 0. The predicted molar refractivity (Wildman–Crippen MR) is 89.3 cm³/mol. The second-order valence-corrected chi connectivity index (χ2v) is 6.90. The molecule has 0 aromatic heterocycles. The van der Waals surface area contributed by atoms with E-state index in [1.807, 2.05) is 36.4 Å². The summed E-state index contributed by atoms with van der Waals surface area (Å²) in [6, 6.07) is 11.4. The minimum atomic E-state index is -0.693. The Bertz CT molecular complexity index is 695. The van der Waals surface area contributed by atoms with Gasteiger partial charge in [0.2, 0.25) is 5.91 Å². The first-order valence-corrected chi connectivity index (χ1v) is 8.18. The zero-order valence-corrected chi connectivity index (χ0v) is 14.2. The Balaban J connectivity index is 1.94. The first-order chi connectivity index (χ1) is 10.0. The SMILES string of the molecule is O=C1CCc2cc(C(O)c3cc(Br)cc(Br)c3)ccc2N1. The third-order valence-corrected chi connectivity index (χ3v) is 4.46. The van der Waals surface area contributed by atoms with Crippen LogP contribution in [-0.2, 0) is 11.2 Å². The summed E-state index contributed by atoms with van der Waals surface area (Å²) in [5.74, 6) is 0.0479. The van der Waals surface area contributed by atoms with E-state index in [1.54, 1.807) is 0 Å². The normalized spacial score (nSPS) is 15.3. The van der Waals surface area contributed by atoms with Gasteiger partial charge in [0.05, 0.1) is 0 Å². The highest BCUT2D eigenvalue weighted by Crippen LogP contribution is 2.31. The van der Waals surface area contributed by atoms with Gasteiger partial charge >= 0.3 is 0 Å². The van der Waals surface area contributed by atoms with Gasteiger partial charge in [-0.15, -0.1) is 0 Å². The van der Waals surface area contributed by atoms with Crippen molar-refractivity contribution in [1.29, 1.82) is 0 Å². The molecule has 1 heterocycles. The first-order valence-electron chi connectivity index (χ1n) is 6.59.